The molecular weight excluding hydrogens is 289 g/mol. The lowest BCUT2D eigenvalue weighted by Crippen LogP contribution is -1.81. The van der Waals surface area contributed by atoms with E-state index in [0.717, 1.165) is 22.0 Å². The van der Waals surface area contributed by atoms with Crippen molar-refractivity contribution in [1.82, 2.24) is 4.98 Å². The molecule has 0 saturated heterocycles. The standard InChI is InChI=1S/C17H11Cl2N/c18-15-8-6-12(11-16(15)19)5-7-13-9-10-20-17-4-2-1-3-14(13)17/h1-11H/b7-5+. The van der Waals surface area contributed by atoms with Crippen LogP contribution in [-0.2, 0) is 0 Å². The molecule has 0 radical (unpaired) electrons. The van der Waals surface area contributed by atoms with Crippen molar-refractivity contribution < 1.29 is 0 Å². The lowest BCUT2D eigenvalue weighted by atomic mass is 10.1. The average Bonchev–Trinajstić information content (AvgIpc) is 2.48. The Bertz CT molecular complexity index is 789. The lowest BCUT2D eigenvalue weighted by Gasteiger charge is -2.01. The van der Waals surface area contributed by atoms with Crippen LogP contribution in [-0.4, -0.2) is 4.98 Å². The topological polar surface area (TPSA) is 12.9 Å². The Hall–Kier alpha value is -1.83. The summed E-state index contributed by atoms with van der Waals surface area (Å²) in [6.45, 7) is 0. The van der Waals surface area contributed by atoms with Gasteiger partial charge in [0.05, 0.1) is 15.6 Å². The van der Waals surface area contributed by atoms with Gasteiger partial charge in [0.25, 0.3) is 0 Å². The summed E-state index contributed by atoms with van der Waals surface area (Å²) in [5, 5.41) is 2.26. The van der Waals surface area contributed by atoms with E-state index in [2.05, 4.69) is 17.1 Å². The van der Waals surface area contributed by atoms with Crippen LogP contribution in [0.2, 0.25) is 10.0 Å². The van der Waals surface area contributed by atoms with Crippen LogP contribution < -0.4 is 0 Å². The molecule has 98 valence electrons. The molecule has 0 aliphatic heterocycles. The Labute approximate surface area is 127 Å². The fourth-order valence-electron chi connectivity index (χ4n) is 2.07. The Morgan fingerprint density at radius 2 is 1.70 bits per heavy atom. The van der Waals surface area contributed by atoms with Gasteiger partial charge in [0.15, 0.2) is 0 Å². The summed E-state index contributed by atoms with van der Waals surface area (Å²) in [4.78, 5) is 4.35. The van der Waals surface area contributed by atoms with Crippen molar-refractivity contribution in [2.45, 2.75) is 0 Å². The zero-order valence-electron chi connectivity index (χ0n) is 10.6. The average molecular weight is 300 g/mol. The second-order valence-corrected chi connectivity index (χ2v) is 5.24. The first kappa shape index (κ1) is 13.2. The molecule has 3 rings (SSSR count). The number of fused-ring (bicyclic) bond motifs is 1. The highest BCUT2D eigenvalue weighted by molar-refractivity contribution is 6.42. The molecular formula is C17H11Cl2N. The molecule has 3 heteroatoms. The predicted molar refractivity (Wildman–Crippen MR) is 87.1 cm³/mol. The van der Waals surface area contributed by atoms with Crippen molar-refractivity contribution in [1.29, 1.82) is 0 Å². The predicted octanol–water partition coefficient (Wildman–Crippen LogP) is 5.71. The van der Waals surface area contributed by atoms with Gasteiger partial charge in [0.2, 0.25) is 0 Å². The summed E-state index contributed by atoms with van der Waals surface area (Å²) >= 11 is 11.9. The molecule has 0 amide bonds. The van der Waals surface area contributed by atoms with Gasteiger partial charge < -0.3 is 0 Å². The molecule has 0 spiro atoms. The molecule has 0 N–H and O–H groups in total. The Kier molecular flexibility index (Phi) is 3.72. The summed E-state index contributed by atoms with van der Waals surface area (Å²) in [6.07, 6.45) is 5.89. The first-order valence-corrected chi connectivity index (χ1v) is 6.96. The van der Waals surface area contributed by atoms with Crippen molar-refractivity contribution in [3.63, 3.8) is 0 Å². The molecule has 0 unspecified atom stereocenters. The largest absolute Gasteiger partial charge is 0.256 e. The minimum Gasteiger partial charge on any atom is -0.256 e. The molecule has 0 bridgehead atoms. The van der Waals surface area contributed by atoms with E-state index < -0.39 is 0 Å². The van der Waals surface area contributed by atoms with Crippen molar-refractivity contribution in [2.24, 2.45) is 0 Å². The van der Waals surface area contributed by atoms with Gasteiger partial charge in [-0.15, -0.1) is 0 Å². The third kappa shape index (κ3) is 2.69. The molecule has 1 heterocycles. The first-order chi connectivity index (χ1) is 9.74. The highest BCUT2D eigenvalue weighted by atomic mass is 35.5. The van der Waals surface area contributed by atoms with Crippen LogP contribution in [0, 0.1) is 0 Å². The van der Waals surface area contributed by atoms with Gasteiger partial charge in [-0.25, -0.2) is 0 Å². The van der Waals surface area contributed by atoms with Gasteiger partial charge in [-0.2, -0.15) is 0 Å². The van der Waals surface area contributed by atoms with Gasteiger partial charge in [-0.3, -0.25) is 4.98 Å². The molecule has 1 nitrogen and oxygen atoms in total. The molecule has 0 saturated carbocycles. The summed E-state index contributed by atoms with van der Waals surface area (Å²) in [7, 11) is 0. The van der Waals surface area contributed by atoms with E-state index in [4.69, 9.17) is 23.2 Å². The van der Waals surface area contributed by atoms with Crippen LogP contribution in [0.3, 0.4) is 0 Å². The van der Waals surface area contributed by atoms with Crippen molar-refractivity contribution >= 4 is 46.3 Å². The SMILES string of the molecule is Clc1ccc(/C=C/c2ccnc3ccccc23)cc1Cl. The van der Waals surface area contributed by atoms with Crippen LogP contribution in [0.5, 0.6) is 0 Å². The van der Waals surface area contributed by atoms with Crippen molar-refractivity contribution in [3.8, 4) is 0 Å². The third-order valence-electron chi connectivity index (χ3n) is 3.08. The van der Waals surface area contributed by atoms with Crippen LogP contribution >= 0.6 is 23.2 Å². The summed E-state index contributed by atoms with van der Waals surface area (Å²) in [5.41, 5.74) is 3.13. The molecule has 20 heavy (non-hydrogen) atoms. The summed E-state index contributed by atoms with van der Waals surface area (Å²) in [6, 6.07) is 15.7. The molecule has 0 atom stereocenters. The zero-order valence-corrected chi connectivity index (χ0v) is 12.1. The smallest absolute Gasteiger partial charge is 0.0707 e. The molecule has 0 aliphatic rings. The van der Waals surface area contributed by atoms with Crippen LogP contribution in [0.25, 0.3) is 23.1 Å². The van der Waals surface area contributed by atoms with E-state index in [-0.39, 0.29) is 0 Å². The maximum atomic E-state index is 6.01. The highest BCUT2D eigenvalue weighted by Crippen LogP contribution is 2.24. The molecule has 0 aliphatic carbocycles. The van der Waals surface area contributed by atoms with E-state index in [1.807, 2.05) is 48.7 Å². The normalized spacial score (nSPS) is 11.3. The van der Waals surface area contributed by atoms with Crippen molar-refractivity contribution in [3.05, 3.63) is 75.9 Å². The van der Waals surface area contributed by atoms with E-state index >= 15 is 0 Å². The second-order valence-electron chi connectivity index (χ2n) is 4.42. The maximum Gasteiger partial charge on any atom is 0.0707 e. The van der Waals surface area contributed by atoms with Crippen LogP contribution in [0.4, 0.5) is 0 Å². The number of pyridine rings is 1. The maximum absolute atomic E-state index is 6.01. The van der Waals surface area contributed by atoms with E-state index in [0.29, 0.717) is 10.0 Å². The zero-order chi connectivity index (χ0) is 13.9. The number of halogens is 2. The Morgan fingerprint density at radius 3 is 2.55 bits per heavy atom. The minimum atomic E-state index is 0.563. The molecule has 0 fully saturated rings. The van der Waals surface area contributed by atoms with Crippen molar-refractivity contribution in [2.75, 3.05) is 0 Å². The number of hydrogen-bond acceptors (Lipinski definition) is 1. The molecule has 1 aromatic heterocycles. The number of rotatable bonds is 2. The summed E-state index contributed by atoms with van der Waals surface area (Å²) in [5.74, 6) is 0. The summed E-state index contributed by atoms with van der Waals surface area (Å²) < 4.78 is 0. The number of para-hydroxylation sites is 1. The van der Waals surface area contributed by atoms with Crippen LogP contribution in [0.1, 0.15) is 11.1 Å². The monoisotopic (exact) mass is 299 g/mol. The molecule has 3 aromatic rings. The minimum absolute atomic E-state index is 0.563. The fraction of sp³-hybridized carbons (Fsp3) is 0. The number of nitrogens with zero attached hydrogens (tertiary/aromatic N) is 1. The quantitative estimate of drug-likeness (QED) is 0.590. The van der Waals surface area contributed by atoms with E-state index in [9.17, 15) is 0 Å². The third-order valence-corrected chi connectivity index (χ3v) is 3.82. The van der Waals surface area contributed by atoms with Gasteiger partial charge >= 0.3 is 0 Å². The number of hydrogen-bond donors (Lipinski definition) is 0. The van der Waals surface area contributed by atoms with Gasteiger partial charge in [-0.05, 0) is 35.4 Å². The van der Waals surface area contributed by atoms with Gasteiger partial charge in [0.1, 0.15) is 0 Å². The van der Waals surface area contributed by atoms with E-state index in [1.54, 1.807) is 6.07 Å². The van der Waals surface area contributed by atoms with Gasteiger partial charge in [0, 0.05) is 11.6 Å². The Balaban J connectivity index is 2.00. The second kappa shape index (κ2) is 5.66. The first-order valence-electron chi connectivity index (χ1n) is 6.21. The lowest BCUT2D eigenvalue weighted by molar-refractivity contribution is 1.41. The highest BCUT2D eigenvalue weighted by Gasteiger charge is 1.99. The van der Waals surface area contributed by atoms with Gasteiger partial charge in [-0.1, -0.05) is 59.6 Å². The Morgan fingerprint density at radius 1 is 0.850 bits per heavy atom. The number of benzene rings is 2. The van der Waals surface area contributed by atoms with E-state index in [1.165, 1.54) is 0 Å². The molecule has 2 aromatic carbocycles. The fourth-order valence-corrected chi connectivity index (χ4v) is 2.37. The number of aromatic nitrogens is 1. The van der Waals surface area contributed by atoms with Crippen LogP contribution in [0.15, 0.2) is 54.7 Å².